The maximum atomic E-state index is 12.1. The maximum Gasteiger partial charge on any atom is 0.273 e. The summed E-state index contributed by atoms with van der Waals surface area (Å²) in [5.74, 6) is 0. The molecule has 2 heterocycles. The van der Waals surface area contributed by atoms with Crippen molar-refractivity contribution in [2.45, 2.75) is 4.21 Å². The Kier molecular flexibility index (Phi) is 3.66. The average molecular weight is 337 g/mol. The first kappa shape index (κ1) is 14.1. The number of benzene rings is 1. The second-order valence-electron chi connectivity index (χ2n) is 4.20. The minimum Gasteiger partial charge on any atom is -0.399 e. The molecule has 0 aliphatic carbocycles. The number of nitrogens with one attached hydrogen (secondary N) is 1. The third-order valence-electron chi connectivity index (χ3n) is 2.67. The van der Waals surface area contributed by atoms with Gasteiger partial charge in [-0.05, 0) is 23.6 Å². The van der Waals surface area contributed by atoms with Gasteiger partial charge in [0.2, 0.25) is 0 Å². The minimum absolute atomic E-state index is 0.267. The summed E-state index contributed by atoms with van der Waals surface area (Å²) in [7, 11) is -3.56. The molecule has 0 saturated heterocycles. The number of anilines is 2. The Bertz CT molecular complexity index is 854. The number of nitrogens with two attached hydrogens (primary N) is 1. The summed E-state index contributed by atoms with van der Waals surface area (Å²) in [5.41, 5.74) is 7.92. The summed E-state index contributed by atoms with van der Waals surface area (Å²) in [6.45, 7) is 0. The second kappa shape index (κ2) is 5.47. The van der Waals surface area contributed by atoms with E-state index in [1.807, 2.05) is 12.1 Å². The van der Waals surface area contributed by atoms with E-state index in [9.17, 15) is 8.42 Å². The number of nitrogen functional groups attached to an aromatic ring is 1. The van der Waals surface area contributed by atoms with Crippen LogP contribution in [0.1, 0.15) is 0 Å². The zero-order valence-electron chi connectivity index (χ0n) is 10.7. The summed E-state index contributed by atoms with van der Waals surface area (Å²) >= 11 is 2.40. The Labute approximate surface area is 130 Å². The molecule has 3 rings (SSSR count). The number of rotatable bonds is 4. The topological polar surface area (TPSA) is 85.1 Å². The SMILES string of the molecule is Nc1cccc(-c2csc(NS(=O)(=O)c3cccs3)n2)c1. The van der Waals surface area contributed by atoms with Gasteiger partial charge in [-0.25, -0.2) is 13.4 Å². The Hall–Kier alpha value is -1.90. The van der Waals surface area contributed by atoms with Crippen molar-refractivity contribution in [1.82, 2.24) is 4.98 Å². The normalized spacial score (nSPS) is 11.4. The predicted octanol–water partition coefficient (Wildman–Crippen LogP) is 3.25. The molecule has 0 saturated carbocycles. The molecule has 0 radical (unpaired) electrons. The highest BCUT2D eigenvalue weighted by Gasteiger charge is 2.17. The number of aromatic nitrogens is 1. The smallest absolute Gasteiger partial charge is 0.273 e. The molecule has 0 fully saturated rings. The molecule has 0 aliphatic rings. The lowest BCUT2D eigenvalue weighted by Crippen LogP contribution is -2.11. The molecule has 2 aromatic heterocycles. The van der Waals surface area contributed by atoms with Crippen molar-refractivity contribution in [3.05, 3.63) is 47.2 Å². The van der Waals surface area contributed by atoms with E-state index < -0.39 is 10.0 Å². The van der Waals surface area contributed by atoms with Crippen LogP contribution in [0.15, 0.2) is 51.4 Å². The van der Waals surface area contributed by atoms with Gasteiger partial charge in [-0.1, -0.05) is 18.2 Å². The molecular weight excluding hydrogens is 326 g/mol. The molecule has 108 valence electrons. The van der Waals surface area contributed by atoms with Gasteiger partial charge in [0.15, 0.2) is 5.13 Å². The van der Waals surface area contributed by atoms with Crippen LogP contribution >= 0.6 is 22.7 Å². The first-order chi connectivity index (χ1) is 10.0. The molecule has 3 N–H and O–H groups in total. The predicted molar refractivity (Wildman–Crippen MR) is 87.1 cm³/mol. The summed E-state index contributed by atoms with van der Waals surface area (Å²) < 4.78 is 27.0. The molecule has 0 atom stereocenters. The molecule has 0 aliphatic heterocycles. The third-order valence-corrected chi connectivity index (χ3v) is 6.29. The first-order valence-electron chi connectivity index (χ1n) is 5.92. The van der Waals surface area contributed by atoms with Crippen molar-refractivity contribution in [3.8, 4) is 11.3 Å². The summed E-state index contributed by atoms with van der Waals surface area (Å²) in [5, 5.41) is 3.84. The van der Waals surface area contributed by atoms with E-state index in [1.54, 1.807) is 35.0 Å². The van der Waals surface area contributed by atoms with Crippen molar-refractivity contribution in [1.29, 1.82) is 0 Å². The van der Waals surface area contributed by atoms with Gasteiger partial charge in [0.25, 0.3) is 10.0 Å². The quantitative estimate of drug-likeness (QED) is 0.716. The summed E-state index contributed by atoms with van der Waals surface area (Å²) in [6.07, 6.45) is 0. The lowest BCUT2D eigenvalue weighted by molar-refractivity contribution is 0.603. The van der Waals surface area contributed by atoms with Crippen molar-refractivity contribution in [2.24, 2.45) is 0 Å². The van der Waals surface area contributed by atoms with Gasteiger partial charge in [0.1, 0.15) is 4.21 Å². The van der Waals surface area contributed by atoms with Crippen molar-refractivity contribution in [2.75, 3.05) is 10.5 Å². The molecule has 5 nitrogen and oxygen atoms in total. The van der Waals surface area contributed by atoms with E-state index in [-0.39, 0.29) is 4.21 Å². The highest BCUT2D eigenvalue weighted by molar-refractivity contribution is 7.94. The summed E-state index contributed by atoms with van der Waals surface area (Å²) in [6, 6.07) is 10.5. The van der Waals surface area contributed by atoms with Crippen molar-refractivity contribution in [3.63, 3.8) is 0 Å². The summed E-state index contributed by atoms with van der Waals surface area (Å²) in [4.78, 5) is 4.29. The highest BCUT2D eigenvalue weighted by Crippen LogP contribution is 2.28. The Morgan fingerprint density at radius 1 is 1.14 bits per heavy atom. The molecular formula is C13H11N3O2S3. The van der Waals surface area contributed by atoms with Gasteiger partial charge < -0.3 is 5.73 Å². The molecule has 3 aromatic rings. The van der Waals surface area contributed by atoms with E-state index in [1.165, 1.54) is 11.3 Å². The zero-order valence-corrected chi connectivity index (χ0v) is 13.1. The van der Waals surface area contributed by atoms with Crippen LogP contribution in [0.3, 0.4) is 0 Å². The fourth-order valence-electron chi connectivity index (χ4n) is 1.73. The van der Waals surface area contributed by atoms with E-state index in [4.69, 9.17) is 5.73 Å². The molecule has 0 amide bonds. The molecule has 0 unspecified atom stereocenters. The Morgan fingerprint density at radius 3 is 2.71 bits per heavy atom. The van der Waals surface area contributed by atoms with Gasteiger partial charge in [0.05, 0.1) is 5.69 Å². The van der Waals surface area contributed by atoms with Crippen LogP contribution < -0.4 is 10.5 Å². The lowest BCUT2D eigenvalue weighted by atomic mass is 10.1. The maximum absolute atomic E-state index is 12.1. The van der Waals surface area contributed by atoms with Crippen LogP contribution in [0.25, 0.3) is 11.3 Å². The van der Waals surface area contributed by atoms with Crippen LogP contribution in [0.4, 0.5) is 10.8 Å². The molecule has 1 aromatic carbocycles. The number of nitrogens with zero attached hydrogens (tertiary/aromatic N) is 1. The van der Waals surface area contributed by atoms with Crippen LogP contribution in [-0.2, 0) is 10.0 Å². The van der Waals surface area contributed by atoms with Crippen molar-refractivity contribution < 1.29 is 8.42 Å². The monoisotopic (exact) mass is 337 g/mol. The van der Waals surface area contributed by atoms with Crippen LogP contribution in [0, 0.1) is 0 Å². The van der Waals surface area contributed by atoms with E-state index in [2.05, 4.69) is 9.71 Å². The van der Waals surface area contributed by atoms with Gasteiger partial charge in [-0.2, -0.15) is 0 Å². The Balaban J connectivity index is 1.86. The van der Waals surface area contributed by atoms with E-state index in [0.29, 0.717) is 16.5 Å². The second-order valence-corrected chi connectivity index (χ2v) is 7.92. The molecule has 8 heteroatoms. The number of thiazole rings is 1. The van der Waals surface area contributed by atoms with Gasteiger partial charge in [-0.15, -0.1) is 22.7 Å². The van der Waals surface area contributed by atoms with Crippen LogP contribution in [0.5, 0.6) is 0 Å². The van der Waals surface area contributed by atoms with Crippen molar-refractivity contribution >= 4 is 43.5 Å². The fraction of sp³-hybridized carbons (Fsp3) is 0. The van der Waals surface area contributed by atoms with Gasteiger partial charge >= 0.3 is 0 Å². The molecule has 0 spiro atoms. The molecule has 0 bridgehead atoms. The average Bonchev–Trinajstić information content (AvgIpc) is 3.09. The Morgan fingerprint density at radius 2 is 2.00 bits per heavy atom. The van der Waals surface area contributed by atoms with Gasteiger partial charge in [-0.3, -0.25) is 4.72 Å². The number of thiophene rings is 1. The number of hydrogen-bond donors (Lipinski definition) is 2. The zero-order chi connectivity index (χ0) is 14.9. The third kappa shape index (κ3) is 3.07. The number of hydrogen-bond acceptors (Lipinski definition) is 6. The van der Waals surface area contributed by atoms with Gasteiger partial charge in [0, 0.05) is 16.6 Å². The van der Waals surface area contributed by atoms with Crippen LogP contribution in [0.2, 0.25) is 0 Å². The lowest BCUT2D eigenvalue weighted by Gasteiger charge is -2.02. The van der Waals surface area contributed by atoms with E-state index in [0.717, 1.165) is 16.9 Å². The van der Waals surface area contributed by atoms with E-state index >= 15 is 0 Å². The largest absolute Gasteiger partial charge is 0.399 e. The van der Waals surface area contributed by atoms with Crippen LogP contribution in [-0.4, -0.2) is 13.4 Å². The highest BCUT2D eigenvalue weighted by atomic mass is 32.2. The standard InChI is InChI=1S/C13H11N3O2S3/c14-10-4-1-3-9(7-10)11-8-20-13(15-11)16-21(17,18)12-5-2-6-19-12/h1-8H,14H2,(H,15,16). The number of sulfonamides is 1. The molecule has 21 heavy (non-hydrogen) atoms. The first-order valence-corrected chi connectivity index (χ1v) is 9.16. The minimum atomic E-state index is -3.56. The fourth-order valence-corrected chi connectivity index (χ4v) is 4.70.